The van der Waals surface area contributed by atoms with Crippen molar-refractivity contribution in [3.63, 3.8) is 0 Å². The van der Waals surface area contributed by atoms with Crippen molar-refractivity contribution in [1.29, 1.82) is 0 Å². The average molecular weight is 342 g/mol. The van der Waals surface area contributed by atoms with Gasteiger partial charge in [0.05, 0.1) is 0 Å². The summed E-state index contributed by atoms with van der Waals surface area (Å²) in [7, 11) is 0. The molecule has 1 aromatic carbocycles. The molecule has 0 saturated carbocycles. The Morgan fingerprint density at radius 2 is 2.08 bits per heavy atom. The molecule has 0 radical (unpaired) electrons. The molecule has 0 spiro atoms. The van der Waals surface area contributed by atoms with Crippen molar-refractivity contribution in [1.82, 2.24) is 10.3 Å². The van der Waals surface area contributed by atoms with Gasteiger partial charge < -0.3 is 10.1 Å². The third-order valence-corrected chi connectivity index (χ3v) is 5.87. The van der Waals surface area contributed by atoms with Gasteiger partial charge in [-0.25, -0.2) is 4.98 Å². The quantitative estimate of drug-likeness (QED) is 0.904. The summed E-state index contributed by atoms with van der Waals surface area (Å²) in [4.78, 5) is 16.7. The summed E-state index contributed by atoms with van der Waals surface area (Å²) in [6.45, 7) is 1.51. The molecule has 1 atom stereocenters. The van der Waals surface area contributed by atoms with Crippen LogP contribution in [0.25, 0.3) is 0 Å². The maximum atomic E-state index is 12.3. The summed E-state index contributed by atoms with van der Waals surface area (Å²) < 4.78 is 5.63. The number of carbonyl (C=O) groups excluding carboxylic acids is 1. The maximum absolute atomic E-state index is 12.3. The van der Waals surface area contributed by atoms with E-state index in [-0.39, 0.29) is 12.0 Å². The number of nitrogens with one attached hydrogen (secondary N) is 1. The molecule has 2 heterocycles. The number of fused-ring (bicyclic) bond motifs is 1. The van der Waals surface area contributed by atoms with Crippen LogP contribution in [0.5, 0.6) is 0 Å². The molecule has 2 aromatic rings. The summed E-state index contributed by atoms with van der Waals surface area (Å²) in [5.74, 6) is 0.576. The molecule has 1 amide bonds. The van der Waals surface area contributed by atoms with Crippen molar-refractivity contribution >= 4 is 17.2 Å². The molecule has 1 aromatic heterocycles. The SMILES string of the molecule is O=C(NCCC1Cc2ccccc2C1)c1csc(C2CCCO2)n1. The number of thiazole rings is 1. The number of rotatable bonds is 5. The van der Waals surface area contributed by atoms with Crippen LogP contribution in [0.1, 0.15) is 52.0 Å². The number of amides is 1. The Hall–Kier alpha value is -1.72. The van der Waals surface area contributed by atoms with Gasteiger partial charge in [-0.05, 0) is 49.1 Å². The van der Waals surface area contributed by atoms with E-state index in [0.29, 0.717) is 18.2 Å². The zero-order chi connectivity index (χ0) is 16.4. The zero-order valence-corrected chi connectivity index (χ0v) is 14.5. The van der Waals surface area contributed by atoms with Gasteiger partial charge in [0.1, 0.15) is 16.8 Å². The Labute approximate surface area is 146 Å². The average Bonchev–Trinajstić information content (AvgIpc) is 3.33. The van der Waals surface area contributed by atoms with Crippen LogP contribution < -0.4 is 5.32 Å². The minimum absolute atomic E-state index is 0.0639. The van der Waals surface area contributed by atoms with Crippen LogP contribution in [0, 0.1) is 5.92 Å². The van der Waals surface area contributed by atoms with Crippen LogP contribution in [0.4, 0.5) is 0 Å². The van der Waals surface area contributed by atoms with E-state index in [1.54, 1.807) is 0 Å². The Balaban J connectivity index is 1.25. The molecule has 1 fully saturated rings. The maximum Gasteiger partial charge on any atom is 0.270 e. The van der Waals surface area contributed by atoms with Crippen LogP contribution in [-0.4, -0.2) is 24.0 Å². The molecule has 126 valence electrons. The van der Waals surface area contributed by atoms with E-state index >= 15 is 0 Å². The van der Waals surface area contributed by atoms with Gasteiger partial charge in [0.15, 0.2) is 0 Å². The second-order valence-electron chi connectivity index (χ2n) is 6.66. The van der Waals surface area contributed by atoms with E-state index in [2.05, 4.69) is 34.6 Å². The molecule has 1 aliphatic carbocycles. The third kappa shape index (κ3) is 3.37. The fourth-order valence-corrected chi connectivity index (χ4v) is 4.53. The van der Waals surface area contributed by atoms with Crippen LogP contribution >= 0.6 is 11.3 Å². The Morgan fingerprint density at radius 3 is 2.79 bits per heavy atom. The molecule has 2 aliphatic rings. The number of ether oxygens (including phenoxy) is 1. The number of carbonyl (C=O) groups is 1. The van der Waals surface area contributed by atoms with E-state index in [9.17, 15) is 4.79 Å². The molecule has 1 unspecified atom stereocenters. The van der Waals surface area contributed by atoms with Gasteiger partial charge in [-0.15, -0.1) is 11.3 Å². The standard InChI is InChI=1S/C19H22N2O2S/c22-18(16-12-24-19(21-16)17-6-3-9-23-17)20-8-7-13-10-14-4-1-2-5-15(14)11-13/h1-2,4-5,12-13,17H,3,6-11H2,(H,20,22). The highest BCUT2D eigenvalue weighted by molar-refractivity contribution is 7.09. The van der Waals surface area contributed by atoms with Crippen molar-refractivity contribution in [2.45, 2.75) is 38.2 Å². The second kappa shape index (κ2) is 7.03. The summed E-state index contributed by atoms with van der Waals surface area (Å²) in [6, 6.07) is 8.65. The summed E-state index contributed by atoms with van der Waals surface area (Å²) in [5.41, 5.74) is 3.46. The van der Waals surface area contributed by atoms with Crippen LogP contribution in [-0.2, 0) is 17.6 Å². The Morgan fingerprint density at radius 1 is 1.29 bits per heavy atom. The van der Waals surface area contributed by atoms with Gasteiger partial charge in [0.25, 0.3) is 5.91 Å². The molecule has 4 rings (SSSR count). The van der Waals surface area contributed by atoms with Crippen molar-refractivity contribution in [2.24, 2.45) is 5.92 Å². The highest BCUT2D eigenvalue weighted by atomic mass is 32.1. The van der Waals surface area contributed by atoms with E-state index in [0.717, 1.165) is 43.7 Å². The molecule has 1 N–H and O–H groups in total. The Bertz CT molecular complexity index is 697. The number of aromatic nitrogens is 1. The van der Waals surface area contributed by atoms with Crippen LogP contribution in [0.15, 0.2) is 29.6 Å². The fraction of sp³-hybridized carbons (Fsp3) is 0.474. The minimum atomic E-state index is -0.0639. The zero-order valence-electron chi connectivity index (χ0n) is 13.7. The van der Waals surface area contributed by atoms with Crippen LogP contribution in [0.2, 0.25) is 0 Å². The predicted octanol–water partition coefficient (Wildman–Crippen LogP) is 3.53. The number of hydrogen-bond acceptors (Lipinski definition) is 4. The number of nitrogens with zero attached hydrogens (tertiary/aromatic N) is 1. The third-order valence-electron chi connectivity index (χ3n) is 4.93. The first-order valence-corrected chi connectivity index (χ1v) is 9.59. The van der Waals surface area contributed by atoms with E-state index in [1.165, 1.54) is 22.5 Å². The first-order chi connectivity index (χ1) is 11.8. The van der Waals surface area contributed by atoms with E-state index in [1.807, 2.05) is 5.38 Å². The van der Waals surface area contributed by atoms with E-state index < -0.39 is 0 Å². The topological polar surface area (TPSA) is 51.2 Å². The molecule has 1 saturated heterocycles. The fourth-order valence-electron chi connectivity index (χ4n) is 3.65. The lowest BCUT2D eigenvalue weighted by molar-refractivity contribution is 0.0944. The normalized spacial score (nSPS) is 20.2. The van der Waals surface area contributed by atoms with Gasteiger partial charge in [-0.1, -0.05) is 24.3 Å². The number of benzene rings is 1. The molecular weight excluding hydrogens is 320 g/mol. The highest BCUT2D eigenvalue weighted by Crippen LogP contribution is 2.31. The monoisotopic (exact) mass is 342 g/mol. The Kier molecular flexibility index (Phi) is 4.63. The highest BCUT2D eigenvalue weighted by Gasteiger charge is 2.23. The summed E-state index contributed by atoms with van der Waals surface area (Å²) in [5, 5.41) is 5.80. The smallest absolute Gasteiger partial charge is 0.270 e. The predicted molar refractivity (Wildman–Crippen MR) is 94.3 cm³/mol. The first-order valence-electron chi connectivity index (χ1n) is 8.71. The lowest BCUT2D eigenvalue weighted by Crippen LogP contribution is -2.26. The molecule has 1 aliphatic heterocycles. The van der Waals surface area contributed by atoms with Crippen LogP contribution in [0.3, 0.4) is 0 Å². The van der Waals surface area contributed by atoms with Crippen molar-refractivity contribution in [3.8, 4) is 0 Å². The van der Waals surface area contributed by atoms with Gasteiger partial charge in [-0.2, -0.15) is 0 Å². The lowest BCUT2D eigenvalue weighted by Gasteiger charge is -2.09. The molecule has 0 bridgehead atoms. The molecule has 4 nitrogen and oxygen atoms in total. The van der Waals surface area contributed by atoms with E-state index in [4.69, 9.17) is 4.74 Å². The second-order valence-corrected chi connectivity index (χ2v) is 7.55. The summed E-state index contributed by atoms with van der Waals surface area (Å²) in [6.07, 6.45) is 5.46. The first kappa shape index (κ1) is 15.8. The van der Waals surface area contributed by atoms with Gasteiger partial charge in [0, 0.05) is 18.5 Å². The molecular formula is C19H22N2O2S. The van der Waals surface area contributed by atoms with Gasteiger partial charge in [0.2, 0.25) is 0 Å². The van der Waals surface area contributed by atoms with Gasteiger partial charge >= 0.3 is 0 Å². The molecule has 24 heavy (non-hydrogen) atoms. The van der Waals surface area contributed by atoms with Crippen molar-refractivity contribution in [3.05, 3.63) is 51.5 Å². The van der Waals surface area contributed by atoms with Crippen molar-refractivity contribution in [2.75, 3.05) is 13.2 Å². The lowest BCUT2D eigenvalue weighted by atomic mass is 10.0. The minimum Gasteiger partial charge on any atom is -0.371 e. The number of hydrogen-bond donors (Lipinski definition) is 1. The van der Waals surface area contributed by atoms with Crippen molar-refractivity contribution < 1.29 is 9.53 Å². The van der Waals surface area contributed by atoms with Gasteiger partial charge in [-0.3, -0.25) is 4.79 Å². The largest absolute Gasteiger partial charge is 0.371 e. The summed E-state index contributed by atoms with van der Waals surface area (Å²) >= 11 is 1.53. The molecule has 5 heteroatoms.